The number of fused-ring (bicyclic) bond motifs is 2. The third-order valence-corrected chi connectivity index (χ3v) is 5.38. The maximum Gasteiger partial charge on any atom is 0.410 e. The van der Waals surface area contributed by atoms with Crippen molar-refractivity contribution in [2.45, 2.75) is 65.8 Å². The summed E-state index contributed by atoms with van der Waals surface area (Å²) in [6.07, 6.45) is 2.57. The number of hydrogen-bond acceptors (Lipinski definition) is 4. The third-order valence-electron chi connectivity index (χ3n) is 5.38. The van der Waals surface area contributed by atoms with Crippen LogP contribution in [-0.4, -0.2) is 32.9 Å². The third kappa shape index (κ3) is 4.84. The first-order chi connectivity index (χ1) is 14.7. The van der Waals surface area contributed by atoms with E-state index in [4.69, 9.17) is 9.47 Å². The van der Waals surface area contributed by atoms with Crippen molar-refractivity contribution in [3.05, 3.63) is 59.3 Å². The standard InChI is InChI=1S/C25H31N3O3/c1-17(2)28-15-20-13-18(9-10-22(20)26-28)16-30-23-8-6-7-19-14-27(12-11-21(19)23)24(29)31-25(3,4)5/h6-10,13,15,17H,11-12,14,16H2,1-5H3. The molecule has 0 bridgehead atoms. The van der Waals surface area contributed by atoms with Gasteiger partial charge in [0.15, 0.2) is 0 Å². The van der Waals surface area contributed by atoms with E-state index in [1.807, 2.05) is 43.7 Å². The molecule has 0 unspecified atom stereocenters. The van der Waals surface area contributed by atoms with Crippen molar-refractivity contribution in [3.63, 3.8) is 0 Å². The van der Waals surface area contributed by atoms with E-state index in [1.54, 1.807) is 4.90 Å². The zero-order chi connectivity index (χ0) is 22.2. The fraction of sp³-hybridized carbons (Fsp3) is 0.440. The van der Waals surface area contributed by atoms with Gasteiger partial charge in [0, 0.05) is 36.3 Å². The minimum absolute atomic E-state index is 0.264. The molecule has 1 aromatic heterocycles. The first kappa shape index (κ1) is 21.2. The monoisotopic (exact) mass is 421 g/mol. The van der Waals surface area contributed by atoms with Crippen LogP contribution in [0.15, 0.2) is 42.6 Å². The predicted octanol–water partition coefficient (Wildman–Crippen LogP) is 5.49. The molecule has 0 radical (unpaired) electrons. The van der Waals surface area contributed by atoms with E-state index >= 15 is 0 Å². The molecule has 2 aromatic carbocycles. The SMILES string of the molecule is CC(C)n1cc2cc(COc3cccc4c3CCN(C(=O)OC(C)(C)C)C4)ccc2n1. The van der Waals surface area contributed by atoms with E-state index in [0.29, 0.717) is 25.7 Å². The van der Waals surface area contributed by atoms with Crippen LogP contribution < -0.4 is 4.74 Å². The molecule has 6 heteroatoms. The second-order valence-corrected chi connectivity index (χ2v) is 9.43. The maximum absolute atomic E-state index is 12.4. The van der Waals surface area contributed by atoms with Gasteiger partial charge in [-0.25, -0.2) is 4.79 Å². The summed E-state index contributed by atoms with van der Waals surface area (Å²) < 4.78 is 13.7. The Morgan fingerprint density at radius 1 is 1.19 bits per heavy atom. The maximum atomic E-state index is 12.4. The summed E-state index contributed by atoms with van der Waals surface area (Å²) in [4.78, 5) is 14.2. The van der Waals surface area contributed by atoms with Crippen LogP contribution in [0.2, 0.25) is 0 Å². The molecule has 4 rings (SSSR count). The first-order valence-electron chi connectivity index (χ1n) is 10.9. The lowest BCUT2D eigenvalue weighted by atomic mass is 9.99. The van der Waals surface area contributed by atoms with Gasteiger partial charge in [-0.3, -0.25) is 4.68 Å². The normalized spacial score (nSPS) is 14.1. The number of carbonyl (C=O) groups is 1. The highest BCUT2D eigenvalue weighted by Gasteiger charge is 2.27. The van der Waals surface area contributed by atoms with Crippen molar-refractivity contribution < 1.29 is 14.3 Å². The van der Waals surface area contributed by atoms with E-state index in [-0.39, 0.29) is 6.09 Å². The van der Waals surface area contributed by atoms with Gasteiger partial charge in [0.25, 0.3) is 0 Å². The van der Waals surface area contributed by atoms with Crippen LogP contribution in [-0.2, 0) is 24.3 Å². The lowest BCUT2D eigenvalue weighted by Gasteiger charge is -2.31. The van der Waals surface area contributed by atoms with E-state index in [9.17, 15) is 4.79 Å². The van der Waals surface area contributed by atoms with Crippen LogP contribution in [0.4, 0.5) is 4.79 Å². The van der Waals surface area contributed by atoms with Gasteiger partial charge in [-0.1, -0.05) is 18.2 Å². The molecule has 0 N–H and O–H groups in total. The summed E-state index contributed by atoms with van der Waals surface area (Å²) in [5, 5.41) is 5.73. The van der Waals surface area contributed by atoms with Crippen LogP contribution in [0.3, 0.4) is 0 Å². The molecular formula is C25H31N3O3. The minimum atomic E-state index is -0.491. The van der Waals surface area contributed by atoms with Crippen molar-refractivity contribution >= 4 is 17.0 Å². The van der Waals surface area contributed by atoms with Gasteiger partial charge in [-0.2, -0.15) is 5.10 Å². The quantitative estimate of drug-likeness (QED) is 0.559. The summed E-state index contributed by atoms with van der Waals surface area (Å²) in [5.74, 6) is 0.888. The number of nitrogens with zero attached hydrogens (tertiary/aromatic N) is 3. The number of hydrogen-bond donors (Lipinski definition) is 0. The highest BCUT2D eigenvalue weighted by molar-refractivity contribution is 5.78. The Morgan fingerprint density at radius 3 is 2.74 bits per heavy atom. The Kier molecular flexibility index (Phi) is 5.65. The highest BCUT2D eigenvalue weighted by atomic mass is 16.6. The van der Waals surface area contributed by atoms with Crippen LogP contribution in [0.1, 0.15) is 57.4 Å². The molecule has 164 valence electrons. The second-order valence-electron chi connectivity index (χ2n) is 9.43. The molecule has 2 heterocycles. The largest absolute Gasteiger partial charge is 0.489 e. The molecule has 3 aromatic rings. The summed E-state index contributed by atoms with van der Waals surface area (Å²) in [6, 6.07) is 12.7. The molecule has 31 heavy (non-hydrogen) atoms. The van der Waals surface area contributed by atoms with E-state index in [0.717, 1.165) is 34.2 Å². The van der Waals surface area contributed by atoms with Crippen molar-refractivity contribution in [1.82, 2.24) is 14.7 Å². The first-order valence-corrected chi connectivity index (χ1v) is 10.9. The molecule has 0 saturated carbocycles. The molecular weight excluding hydrogens is 390 g/mol. The lowest BCUT2D eigenvalue weighted by molar-refractivity contribution is 0.0223. The predicted molar refractivity (Wildman–Crippen MR) is 121 cm³/mol. The molecule has 1 aliphatic heterocycles. The smallest absolute Gasteiger partial charge is 0.410 e. The van der Waals surface area contributed by atoms with Crippen LogP contribution in [0, 0.1) is 0 Å². The van der Waals surface area contributed by atoms with Gasteiger partial charge in [0.2, 0.25) is 0 Å². The second kappa shape index (κ2) is 8.25. The number of aromatic nitrogens is 2. The molecule has 1 amide bonds. The average Bonchev–Trinajstić information content (AvgIpc) is 3.14. The van der Waals surface area contributed by atoms with Crippen molar-refractivity contribution in [1.29, 1.82) is 0 Å². The van der Waals surface area contributed by atoms with Gasteiger partial charge in [-0.05, 0) is 70.4 Å². The van der Waals surface area contributed by atoms with E-state index in [2.05, 4.69) is 43.3 Å². The summed E-state index contributed by atoms with van der Waals surface area (Å²) in [6.45, 7) is 11.6. The van der Waals surface area contributed by atoms with E-state index < -0.39 is 5.60 Å². The van der Waals surface area contributed by atoms with Gasteiger partial charge < -0.3 is 14.4 Å². The van der Waals surface area contributed by atoms with Gasteiger partial charge in [-0.15, -0.1) is 0 Å². The lowest BCUT2D eigenvalue weighted by Crippen LogP contribution is -2.40. The number of amides is 1. The fourth-order valence-electron chi connectivity index (χ4n) is 3.80. The minimum Gasteiger partial charge on any atom is -0.489 e. The molecule has 1 aliphatic rings. The molecule has 0 fully saturated rings. The molecule has 0 spiro atoms. The van der Waals surface area contributed by atoms with Crippen molar-refractivity contribution in [2.75, 3.05) is 6.54 Å². The number of ether oxygens (including phenoxy) is 2. The number of carbonyl (C=O) groups excluding carboxylic acids is 1. The fourth-order valence-corrected chi connectivity index (χ4v) is 3.80. The topological polar surface area (TPSA) is 56.6 Å². The van der Waals surface area contributed by atoms with Gasteiger partial charge in [0.1, 0.15) is 18.0 Å². The van der Waals surface area contributed by atoms with Crippen LogP contribution in [0.25, 0.3) is 10.9 Å². The van der Waals surface area contributed by atoms with Crippen molar-refractivity contribution in [2.24, 2.45) is 0 Å². The van der Waals surface area contributed by atoms with Crippen LogP contribution in [0.5, 0.6) is 5.75 Å². The molecule has 0 saturated heterocycles. The Morgan fingerprint density at radius 2 is 2.00 bits per heavy atom. The summed E-state index contributed by atoms with van der Waals surface area (Å²) >= 11 is 0. The van der Waals surface area contributed by atoms with Crippen molar-refractivity contribution in [3.8, 4) is 5.75 Å². The van der Waals surface area contributed by atoms with Gasteiger partial charge >= 0.3 is 6.09 Å². The Bertz CT molecular complexity index is 1100. The molecule has 0 aliphatic carbocycles. The average molecular weight is 422 g/mol. The zero-order valence-corrected chi connectivity index (χ0v) is 19.0. The number of rotatable bonds is 4. The summed E-state index contributed by atoms with van der Waals surface area (Å²) in [5.41, 5.74) is 3.91. The Balaban J connectivity index is 1.46. The van der Waals surface area contributed by atoms with Crippen LogP contribution >= 0.6 is 0 Å². The highest BCUT2D eigenvalue weighted by Crippen LogP contribution is 2.29. The summed E-state index contributed by atoms with van der Waals surface area (Å²) in [7, 11) is 0. The van der Waals surface area contributed by atoms with E-state index in [1.165, 1.54) is 5.56 Å². The molecule has 0 atom stereocenters. The zero-order valence-electron chi connectivity index (χ0n) is 19.0. The molecule has 6 nitrogen and oxygen atoms in total. The Hall–Kier alpha value is -3.02. The van der Waals surface area contributed by atoms with Gasteiger partial charge in [0.05, 0.1) is 5.52 Å². The Labute approximate surface area is 183 Å². The number of benzene rings is 2.